The van der Waals surface area contributed by atoms with Crippen LogP contribution in [0.2, 0.25) is 0 Å². The first kappa shape index (κ1) is 13.9. The number of nitrogens with one attached hydrogen (secondary N) is 1. The quantitative estimate of drug-likeness (QED) is 0.833. The summed E-state index contributed by atoms with van der Waals surface area (Å²) in [6, 6.07) is 4.06. The lowest BCUT2D eigenvalue weighted by atomic mass is 10.2. The highest BCUT2D eigenvalue weighted by atomic mass is 127. The van der Waals surface area contributed by atoms with Crippen LogP contribution in [0.5, 0.6) is 0 Å². The number of rotatable bonds is 4. The fourth-order valence-electron chi connectivity index (χ4n) is 1.61. The molecule has 0 saturated carbocycles. The molecule has 0 atom stereocenters. The fourth-order valence-corrected chi connectivity index (χ4v) is 2.33. The van der Waals surface area contributed by atoms with Gasteiger partial charge >= 0.3 is 0 Å². The van der Waals surface area contributed by atoms with Crippen LogP contribution in [-0.2, 0) is 13.1 Å². The summed E-state index contributed by atoms with van der Waals surface area (Å²) < 4.78 is 15.4. The molecule has 0 spiro atoms. The van der Waals surface area contributed by atoms with E-state index in [1.807, 2.05) is 34.1 Å². The Labute approximate surface area is 123 Å². The van der Waals surface area contributed by atoms with Gasteiger partial charge in [-0.25, -0.2) is 4.39 Å². The van der Waals surface area contributed by atoms with E-state index in [0.29, 0.717) is 21.5 Å². The van der Waals surface area contributed by atoms with E-state index < -0.39 is 0 Å². The Hall–Kier alpha value is -1.51. The molecule has 0 aliphatic rings. The molecule has 0 aliphatic heterocycles. The SMILES string of the molecule is CCn1cnnc1CNC(=O)c1ccc(F)cc1I. The number of aryl methyl sites for hydroxylation is 1. The number of halogens is 2. The van der Waals surface area contributed by atoms with Crippen LogP contribution in [-0.4, -0.2) is 20.7 Å². The maximum absolute atomic E-state index is 13.0. The van der Waals surface area contributed by atoms with Crippen molar-refractivity contribution in [3.05, 3.63) is 45.3 Å². The van der Waals surface area contributed by atoms with E-state index in [1.54, 1.807) is 6.33 Å². The monoisotopic (exact) mass is 374 g/mol. The van der Waals surface area contributed by atoms with Gasteiger partial charge in [-0.1, -0.05) is 0 Å². The van der Waals surface area contributed by atoms with E-state index in [4.69, 9.17) is 0 Å². The number of hydrogen-bond donors (Lipinski definition) is 1. The number of carbonyl (C=O) groups is 1. The average molecular weight is 374 g/mol. The van der Waals surface area contributed by atoms with Gasteiger partial charge in [-0.2, -0.15) is 0 Å². The van der Waals surface area contributed by atoms with E-state index in [-0.39, 0.29) is 11.7 Å². The van der Waals surface area contributed by atoms with Gasteiger partial charge in [-0.15, -0.1) is 10.2 Å². The number of benzene rings is 1. The summed E-state index contributed by atoms with van der Waals surface area (Å²) in [5.74, 6) is 0.0784. The van der Waals surface area contributed by atoms with Crippen LogP contribution in [0, 0.1) is 9.39 Å². The molecule has 0 aliphatic carbocycles. The summed E-state index contributed by atoms with van der Waals surface area (Å²) in [6.45, 7) is 3.00. The van der Waals surface area contributed by atoms with Crippen molar-refractivity contribution >= 4 is 28.5 Å². The lowest BCUT2D eigenvalue weighted by Gasteiger charge is -2.07. The van der Waals surface area contributed by atoms with Crippen LogP contribution < -0.4 is 5.32 Å². The van der Waals surface area contributed by atoms with E-state index >= 15 is 0 Å². The van der Waals surface area contributed by atoms with Gasteiger partial charge in [-0.3, -0.25) is 4.79 Å². The first-order valence-electron chi connectivity index (χ1n) is 5.71. The van der Waals surface area contributed by atoms with Crippen LogP contribution >= 0.6 is 22.6 Å². The zero-order valence-electron chi connectivity index (χ0n) is 10.2. The lowest BCUT2D eigenvalue weighted by Crippen LogP contribution is -2.25. The Bertz CT molecular complexity index is 599. The Kier molecular flexibility index (Phi) is 4.46. The average Bonchev–Trinajstić information content (AvgIpc) is 2.83. The zero-order chi connectivity index (χ0) is 13.8. The first-order valence-corrected chi connectivity index (χ1v) is 6.79. The molecule has 0 fully saturated rings. The molecule has 2 aromatic rings. The number of carbonyl (C=O) groups excluding carboxylic acids is 1. The Morgan fingerprint density at radius 2 is 2.32 bits per heavy atom. The topological polar surface area (TPSA) is 59.8 Å². The zero-order valence-corrected chi connectivity index (χ0v) is 12.4. The molecule has 0 radical (unpaired) electrons. The molecule has 1 heterocycles. The third-order valence-electron chi connectivity index (χ3n) is 2.62. The first-order chi connectivity index (χ1) is 9.11. The standard InChI is InChI=1S/C12H12FIN4O/c1-2-18-7-16-17-11(18)6-15-12(19)9-4-3-8(13)5-10(9)14/h3-5,7H,2,6H2,1H3,(H,15,19). The van der Waals surface area contributed by atoms with E-state index in [2.05, 4.69) is 15.5 Å². The van der Waals surface area contributed by atoms with Crippen molar-refractivity contribution in [2.75, 3.05) is 0 Å². The third-order valence-corrected chi connectivity index (χ3v) is 3.51. The second kappa shape index (κ2) is 6.09. The van der Waals surface area contributed by atoms with Gasteiger partial charge in [0.25, 0.3) is 5.91 Å². The minimum Gasteiger partial charge on any atom is -0.345 e. The van der Waals surface area contributed by atoms with Crippen LogP contribution in [0.3, 0.4) is 0 Å². The molecule has 1 amide bonds. The highest BCUT2D eigenvalue weighted by Gasteiger charge is 2.11. The maximum atomic E-state index is 13.0. The predicted molar refractivity (Wildman–Crippen MR) is 76.0 cm³/mol. The third kappa shape index (κ3) is 3.28. The van der Waals surface area contributed by atoms with Gasteiger partial charge in [0.1, 0.15) is 12.1 Å². The molecule has 0 bridgehead atoms. The Morgan fingerprint density at radius 1 is 1.53 bits per heavy atom. The van der Waals surface area contributed by atoms with Crippen molar-refractivity contribution in [2.24, 2.45) is 0 Å². The minimum atomic E-state index is -0.355. The van der Waals surface area contributed by atoms with Gasteiger partial charge in [0.05, 0.1) is 12.1 Å². The summed E-state index contributed by atoms with van der Waals surface area (Å²) >= 11 is 1.93. The molecule has 1 aromatic heterocycles. The highest BCUT2D eigenvalue weighted by Crippen LogP contribution is 2.13. The smallest absolute Gasteiger partial charge is 0.252 e. The summed E-state index contributed by atoms with van der Waals surface area (Å²) in [5, 5.41) is 10.5. The molecular formula is C12H12FIN4O. The Morgan fingerprint density at radius 3 is 3.00 bits per heavy atom. The van der Waals surface area contributed by atoms with Gasteiger partial charge in [-0.05, 0) is 47.7 Å². The number of nitrogens with zero attached hydrogens (tertiary/aromatic N) is 3. The molecule has 19 heavy (non-hydrogen) atoms. The van der Waals surface area contributed by atoms with Crippen LogP contribution in [0.4, 0.5) is 4.39 Å². The van der Waals surface area contributed by atoms with Crippen molar-refractivity contribution < 1.29 is 9.18 Å². The maximum Gasteiger partial charge on any atom is 0.252 e. The van der Waals surface area contributed by atoms with Gasteiger partial charge in [0, 0.05) is 10.1 Å². The number of aromatic nitrogens is 3. The summed E-state index contributed by atoms with van der Waals surface area (Å²) in [5.41, 5.74) is 0.449. The van der Waals surface area contributed by atoms with Crippen molar-refractivity contribution in [2.45, 2.75) is 20.0 Å². The fraction of sp³-hybridized carbons (Fsp3) is 0.250. The highest BCUT2D eigenvalue weighted by molar-refractivity contribution is 14.1. The van der Waals surface area contributed by atoms with E-state index in [0.717, 1.165) is 6.54 Å². The largest absolute Gasteiger partial charge is 0.345 e. The number of hydrogen-bond acceptors (Lipinski definition) is 3. The molecule has 2 rings (SSSR count). The van der Waals surface area contributed by atoms with Gasteiger partial charge in [0.15, 0.2) is 5.82 Å². The van der Waals surface area contributed by atoms with Gasteiger partial charge < -0.3 is 9.88 Å². The van der Waals surface area contributed by atoms with Crippen LogP contribution in [0.25, 0.3) is 0 Å². The van der Waals surface area contributed by atoms with Crippen molar-refractivity contribution in [1.82, 2.24) is 20.1 Å². The van der Waals surface area contributed by atoms with Crippen LogP contribution in [0.1, 0.15) is 23.1 Å². The molecule has 1 aromatic carbocycles. The van der Waals surface area contributed by atoms with Crippen molar-refractivity contribution in [3.8, 4) is 0 Å². The second-order valence-electron chi connectivity index (χ2n) is 3.84. The molecule has 5 nitrogen and oxygen atoms in total. The second-order valence-corrected chi connectivity index (χ2v) is 5.00. The normalized spacial score (nSPS) is 10.5. The summed E-state index contributed by atoms with van der Waals surface area (Å²) in [4.78, 5) is 12.0. The molecule has 7 heteroatoms. The van der Waals surface area contributed by atoms with Crippen LogP contribution in [0.15, 0.2) is 24.5 Å². The molecule has 0 unspecified atom stereocenters. The summed E-state index contributed by atoms with van der Waals surface area (Å²) in [6.07, 6.45) is 1.61. The van der Waals surface area contributed by atoms with Gasteiger partial charge in [0.2, 0.25) is 0 Å². The predicted octanol–water partition coefficient (Wildman–Crippen LogP) is 1.97. The van der Waals surface area contributed by atoms with E-state index in [1.165, 1.54) is 18.2 Å². The summed E-state index contributed by atoms with van der Waals surface area (Å²) in [7, 11) is 0. The lowest BCUT2D eigenvalue weighted by molar-refractivity contribution is 0.0948. The number of amides is 1. The minimum absolute atomic E-state index is 0.255. The van der Waals surface area contributed by atoms with Crippen molar-refractivity contribution in [1.29, 1.82) is 0 Å². The molecule has 1 N–H and O–H groups in total. The van der Waals surface area contributed by atoms with E-state index in [9.17, 15) is 9.18 Å². The molecule has 100 valence electrons. The molecule has 0 saturated heterocycles. The van der Waals surface area contributed by atoms with Crippen molar-refractivity contribution in [3.63, 3.8) is 0 Å². The Balaban J connectivity index is 2.05. The molecular weight excluding hydrogens is 362 g/mol.